The zero-order chi connectivity index (χ0) is 37.3. The van der Waals surface area contributed by atoms with Crippen LogP contribution >= 0.6 is 0 Å². The van der Waals surface area contributed by atoms with Crippen molar-refractivity contribution in [2.45, 2.75) is 57.4 Å². The molecule has 270 valence electrons. The number of nitrogens with zero attached hydrogens (tertiary/aromatic N) is 3. The van der Waals surface area contributed by atoms with Crippen LogP contribution in [0.2, 0.25) is 0 Å². The third-order valence-electron chi connectivity index (χ3n) is 14.0. The van der Waals surface area contributed by atoms with E-state index in [4.69, 9.17) is 4.42 Å². The minimum Gasteiger partial charge on any atom is -0.454 e. The fourth-order valence-electron chi connectivity index (χ4n) is 11.3. The van der Waals surface area contributed by atoms with Crippen molar-refractivity contribution in [2.75, 3.05) is 14.7 Å². The van der Waals surface area contributed by atoms with Crippen LogP contribution in [0, 0.1) is 6.92 Å². The summed E-state index contributed by atoms with van der Waals surface area (Å²) in [5.41, 5.74) is 18.5. The Morgan fingerprint density at radius 2 is 1.29 bits per heavy atom. The highest BCUT2D eigenvalue weighted by Crippen LogP contribution is 2.62. The van der Waals surface area contributed by atoms with Gasteiger partial charge in [-0.3, -0.25) is 0 Å². The molecule has 1 aliphatic carbocycles. The maximum Gasteiger partial charge on any atom is 0.252 e. The molecule has 0 saturated heterocycles. The fraction of sp³-hybridized carbons (Fsp3) is 0.176. The second-order valence-corrected chi connectivity index (χ2v) is 16.9. The summed E-state index contributed by atoms with van der Waals surface area (Å²) < 4.78 is 6.86. The minimum atomic E-state index is -0.0181. The van der Waals surface area contributed by atoms with Gasteiger partial charge in [-0.05, 0) is 115 Å². The molecule has 1 fully saturated rings. The molecule has 4 nitrogen and oxygen atoms in total. The number of hydrogen-bond acceptors (Lipinski definition) is 4. The molecule has 0 amide bonds. The summed E-state index contributed by atoms with van der Waals surface area (Å²) in [7, 11) is 0. The Morgan fingerprint density at radius 3 is 2.09 bits per heavy atom. The third kappa shape index (κ3) is 4.10. The van der Waals surface area contributed by atoms with Crippen molar-refractivity contribution >= 4 is 90.5 Å². The van der Waals surface area contributed by atoms with Gasteiger partial charge in [0.1, 0.15) is 5.58 Å². The summed E-state index contributed by atoms with van der Waals surface area (Å²) in [5.74, 6) is 0. The predicted octanol–water partition coefficient (Wildman–Crippen LogP) is 11.7. The van der Waals surface area contributed by atoms with Crippen molar-refractivity contribution in [3.8, 4) is 0 Å². The molecule has 0 N–H and O–H groups in total. The summed E-state index contributed by atoms with van der Waals surface area (Å²) in [6, 6.07) is 56.0. The smallest absolute Gasteiger partial charge is 0.252 e. The van der Waals surface area contributed by atoms with E-state index in [1.807, 2.05) is 0 Å². The van der Waals surface area contributed by atoms with E-state index in [0.29, 0.717) is 0 Å². The molecule has 1 aromatic heterocycles. The van der Waals surface area contributed by atoms with Crippen LogP contribution in [0.1, 0.15) is 50.7 Å². The second-order valence-electron chi connectivity index (χ2n) is 16.9. The van der Waals surface area contributed by atoms with Crippen molar-refractivity contribution < 1.29 is 4.42 Å². The van der Waals surface area contributed by atoms with E-state index in [1.165, 1.54) is 75.9 Å². The molecule has 8 aromatic rings. The highest BCUT2D eigenvalue weighted by atomic mass is 16.3. The van der Waals surface area contributed by atoms with Gasteiger partial charge in [-0.1, -0.05) is 111 Å². The lowest BCUT2D eigenvalue weighted by atomic mass is 9.33. The van der Waals surface area contributed by atoms with Gasteiger partial charge >= 0.3 is 0 Å². The number of rotatable bonds is 4. The average molecular weight is 724 g/mol. The maximum absolute atomic E-state index is 6.86. The van der Waals surface area contributed by atoms with Gasteiger partial charge in [-0.2, -0.15) is 0 Å². The second kappa shape index (κ2) is 11.4. The van der Waals surface area contributed by atoms with Gasteiger partial charge in [0.05, 0.1) is 11.2 Å². The quantitative estimate of drug-likeness (QED) is 0.169. The first-order chi connectivity index (χ1) is 27.4. The Bertz CT molecular complexity index is 2860. The van der Waals surface area contributed by atoms with Crippen LogP contribution in [-0.4, -0.2) is 12.3 Å². The van der Waals surface area contributed by atoms with Crippen LogP contribution in [0.5, 0.6) is 0 Å². The Balaban J connectivity index is 1.18. The minimum absolute atomic E-state index is 0.0181. The van der Waals surface area contributed by atoms with Crippen LogP contribution in [0.25, 0.3) is 21.9 Å². The van der Waals surface area contributed by atoms with Gasteiger partial charge in [0, 0.05) is 56.0 Å². The molecule has 0 spiro atoms. The third-order valence-corrected chi connectivity index (χ3v) is 14.0. The van der Waals surface area contributed by atoms with Gasteiger partial charge in [-0.25, -0.2) is 0 Å². The van der Waals surface area contributed by atoms with Crippen molar-refractivity contribution in [2.24, 2.45) is 0 Å². The van der Waals surface area contributed by atoms with Crippen LogP contribution in [0.4, 0.5) is 45.5 Å². The molecule has 4 aliphatic rings. The number of benzene rings is 7. The lowest BCUT2D eigenvalue weighted by Gasteiger charge is -2.52. The summed E-state index contributed by atoms with van der Waals surface area (Å²) in [6.45, 7) is 7.48. The standard InChI is InChI=1S/C51H42BN3O/c1-33-30-44-47-45(31-33)55-48-39(50(2)28-12-13-29-51(50,55)3)22-15-23-41(48)52(47)40-27-26-36(53(34-16-6-4-7-17-34)35-18-8-5-9-19-35)32-43(40)54(44)42-24-14-21-38-37-20-10-11-25-46(37)56-49(38)42/h4-11,14-27,30-32H,12-13,28-29H2,1-3H3. The first kappa shape index (κ1) is 32.1. The summed E-state index contributed by atoms with van der Waals surface area (Å²) in [6.07, 6.45) is 4.93. The molecule has 0 radical (unpaired) electrons. The number of para-hydroxylation sites is 5. The summed E-state index contributed by atoms with van der Waals surface area (Å²) in [5, 5.41) is 2.27. The predicted molar refractivity (Wildman–Crippen MR) is 235 cm³/mol. The van der Waals surface area contributed by atoms with Crippen molar-refractivity contribution in [3.63, 3.8) is 0 Å². The number of anilines is 8. The largest absolute Gasteiger partial charge is 0.454 e. The average Bonchev–Trinajstić information content (AvgIpc) is 3.71. The highest BCUT2D eigenvalue weighted by molar-refractivity contribution is 7.00. The zero-order valence-corrected chi connectivity index (χ0v) is 32.1. The van der Waals surface area contributed by atoms with E-state index >= 15 is 0 Å². The number of fused-ring (bicyclic) bond motifs is 10. The van der Waals surface area contributed by atoms with Gasteiger partial charge in [0.2, 0.25) is 0 Å². The van der Waals surface area contributed by atoms with E-state index in [0.717, 1.165) is 44.7 Å². The Morgan fingerprint density at radius 1 is 0.589 bits per heavy atom. The van der Waals surface area contributed by atoms with E-state index in [2.05, 4.69) is 187 Å². The summed E-state index contributed by atoms with van der Waals surface area (Å²) in [4.78, 5) is 7.73. The first-order valence-corrected chi connectivity index (χ1v) is 20.3. The molecule has 1 saturated carbocycles. The topological polar surface area (TPSA) is 22.9 Å². The Hall–Kier alpha value is -6.20. The van der Waals surface area contributed by atoms with Gasteiger partial charge < -0.3 is 19.1 Å². The number of aryl methyl sites for hydroxylation is 1. The van der Waals surface area contributed by atoms with Crippen molar-refractivity contribution in [1.29, 1.82) is 0 Å². The SMILES string of the molecule is Cc1cc2c3c(c1)N1c4c(cccc4C4(C)CCCCC14C)B3c1ccc(N(c3ccccc3)c3ccccc3)cc1N2c1cccc2c1oc1ccccc12. The molecule has 5 heteroatoms. The lowest BCUT2D eigenvalue weighted by molar-refractivity contribution is 0.195. The molecule has 0 bridgehead atoms. The molecule has 56 heavy (non-hydrogen) atoms. The Kier molecular flexibility index (Phi) is 6.55. The van der Waals surface area contributed by atoms with E-state index < -0.39 is 0 Å². The van der Waals surface area contributed by atoms with Crippen molar-refractivity contribution in [3.05, 3.63) is 163 Å². The van der Waals surface area contributed by atoms with Crippen molar-refractivity contribution in [1.82, 2.24) is 0 Å². The maximum atomic E-state index is 6.86. The Labute approximate surface area is 328 Å². The van der Waals surface area contributed by atoms with Gasteiger partial charge in [0.15, 0.2) is 5.58 Å². The summed E-state index contributed by atoms with van der Waals surface area (Å²) >= 11 is 0. The van der Waals surface area contributed by atoms with Gasteiger partial charge in [-0.15, -0.1) is 0 Å². The molecule has 3 aliphatic heterocycles. The number of hydrogen-bond donors (Lipinski definition) is 0. The van der Waals surface area contributed by atoms with Gasteiger partial charge in [0.25, 0.3) is 6.71 Å². The molecule has 4 heterocycles. The molecule has 2 unspecified atom stereocenters. The molecule has 12 rings (SSSR count). The monoisotopic (exact) mass is 723 g/mol. The first-order valence-electron chi connectivity index (χ1n) is 20.3. The molecular formula is C51H42BN3O. The number of furan rings is 1. The van der Waals surface area contributed by atoms with E-state index in [1.54, 1.807) is 0 Å². The van der Waals surface area contributed by atoms with E-state index in [-0.39, 0.29) is 17.7 Å². The molecular weight excluding hydrogens is 681 g/mol. The van der Waals surface area contributed by atoms with Crippen LogP contribution in [-0.2, 0) is 5.41 Å². The lowest BCUT2D eigenvalue weighted by Crippen LogP contribution is -2.64. The normalized spacial score (nSPS) is 20.2. The zero-order valence-electron chi connectivity index (χ0n) is 32.1. The van der Waals surface area contributed by atoms with Crippen LogP contribution in [0.15, 0.2) is 156 Å². The molecule has 2 atom stereocenters. The molecule has 7 aromatic carbocycles. The van der Waals surface area contributed by atoms with Crippen LogP contribution in [0.3, 0.4) is 0 Å². The highest BCUT2D eigenvalue weighted by Gasteiger charge is 2.61. The fourth-order valence-corrected chi connectivity index (χ4v) is 11.3. The van der Waals surface area contributed by atoms with E-state index in [9.17, 15) is 0 Å². The van der Waals surface area contributed by atoms with Crippen LogP contribution < -0.4 is 31.1 Å².